The minimum absolute atomic E-state index is 0.0100. The monoisotopic (exact) mass is 575 g/mol. The highest BCUT2D eigenvalue weighted by atomic mass is 19.2. The summed E-state index contributed by atoms with van der Waals surface area (Å²) in [4.78, 5) is 26.5. The fourth-order valence-electron chi connectivity index (χ4n) is 5.52. The topological polar surface area (TPSA) is 79.8 Å². The largest absolute Gasteiger partial charge is 0.497 e. The number of methoxy groups -OCH3 is 2. The van der Waals surface area contributed by atoms with Gasteiger partial charge in [-0.1, -0.05) is 18.2 Å². The van der Waals surface area contributed by atoms with Crippen molar-refractivity contribution in [2.45, 2.75) is 38.3 Å². The number of anilines is 3. The fourth-order valence-corrected chi connectivity index (χ4v) is 5.52. The third-order valence-electron chi connectivity index (χ3n) is 7.69. The first-order chi connectivity index (χ1) is 20.3. The van der Waals surface area contributed by atoms with Gasteiger partial charge >= 0.3 is 0 Å². The Kier molecular flexibility index (Phi) is 8.70. The predicted octanol–water partition coefficient (Wildman–Crippen LogP) is 6.00. The normalized spacial score (nSPS) is 16.6. The van der Waals surface area contributed by atoms with Gasteiger partial charge in [0.15, 0.2) is 11.6 Å². The lowest BCUT2D eigenvalue weighted by atomic mass is 9.84. The highest BCUT2D eigenvalue weighted by Crippen LogP contribution is 2.37. The number of carbonyl (C=O) groups excluding carboxylic acids is 1. The highest BCUT2D eigenvalue weighted by molar-refractivity contribution is 5.91. The highest BCUT2D eigenvalue weighted by Gasteiger charge is 2.32. The van der Waals surface area contributed by atoms with E-state index in [0.29, 0.717) is 53.6 Å². The van der Waals surface area contributed by atoms with Gasteiger partial charge in [0.2, 0.25) is 11.9 Å². The summed E-state index contributed by atoms with van der Waals surface area (Å²) in [5.41, 5.74) is 2.11. The van der Waals surface area contributed by atoms with E-state index in [2.05, 4.69) is 10.2 Å². The van der Waals surface area contributed by atoms with E-state index in [9.17, 15) is 13.6 Å². The van der Waals surface area contributed by atoms with E-state index in [0.717, 1.165) is 36.2 Å². The van der Waals surface area contributed by atoms with E-state index in [1.165, 1.54) is 0 Å². The van der Waals surface area contributed by atoms with Crippen LogP contribution < -0.4 is 24.6 Å². The second-order valence-corrected chi connectivity index (χ2v) is 10.7. The lowest BCUT2D eigenvalue weighted by molar-refractivity contribution is -0.126. The van der Waals surface area contributed by atoms with Crippen molar-refractivity contribution in [3.8, 4) is 11.5 Å². The Hall–Kier alpha value is -4.47. The average Bonchev–Trinajstić information content (AvgIpc) is 3.01. The number of hydrogen-bond donors (Lipinski definition) is 1. The molecule has 220 valence electrons. The number of nitrogens with one attached hydrogen (secondary N) is 1. The molecule has 1 N–H and O–H groups in total. The Morgan fingerprint density at radius 2 is 1.55 bits per heavy atom. The molecule has 5 rings (SSSR count). The zero-order valence-corrected chi connectivity index (χ0v) is 24.2. The van der Waals surface area contributed by atoms with Crippen molar-refractivity contribution in [1.29, 1.82) is 0 Å². The van der Waals surface area contributed by atoms with E-state index in [-0.39, 0.29) is 17.9 Å². The van der Waals surface area contributed by atoms with Crippen LogP contribution in [-0.2, 0) is 11.3 Å². The third-order valence-corrected chi connectivity index (χ3v) is 7.69. The molecule has 8 nitrogen and oxygen atoms in total. The summed E-state index contributed by atoms with van der Waals surface area (Å²) in [5, 5.41) is 3.50. The molecule has 0 atom stereocenters. The first kappa shape index (κ1) is 29.0. The molecule has 4 aromatic rings. The van der Waals surface area contributed by atoms with E-state index < -0.39 is 11.6 Å². The number of ether oxygens (including phenoxy) is 2. The molecule has 1 aromatic heterocycles. The molecule has 3 aromatic carbocycles. The van der Waals surface area contributed by atoms with Gasteiger partial charge in [-0.15, -0.1) is 0 Å². The van der Waals surface area contributed by atoms with E-state index in [1.54, 1.807) is 25.2 Å². The van der Waals surface area contributed by atoms with Crippen molar-refractivity contribution < 1.29 is 23.0 Å². The Morgan fingerprint density at radius 3 is 2.17 bits per heavy atom. The number of aromatic nitrogens is 2. The first-order valence-corrected chi connectivity index (χ1v) is 14.0. The van der Waals surface area contributed by atoms with Gasteiger partial charge in [-0.05, 0) is 61.6 Å². The molecule has 0 spiro atoms. The van der Waals surface area contributed by atoms with E-state index >= 15 is 0 Å². The number of rotatable bonds is 9. The van der Waals surface area contributed by atoms with Crippen LogP contribution in [0.1, 0.15) is 31.2 Å². The summed E-state index contributed by atoms with van der Waals surface area (Å²) in [5.74, 6) is 0.225. The molecule has 10 heteroatoms. The summed E-state index contributed by atoms with van der Waals surface area (Å²) in [6.07, 6.45) is 2.84. The Labute approximate surface area is 244 Å². The van der Waals surface area contributed by atoms with Crippen molar-refractivity contribution in [1.82, 2.24) is 15.3 Å². The van der Waals surface area contributed by atoms with Gasteiger partial charge in [-0.2, -0.15) is 4.98 Å². The molecule has 1 saturated carbocycles. The molecular weight excluding hydrogens is 540 g/mol. The number of hydrogen-bond acceptors (Lipinski definition) is 7. The van der Waals surface area contributed by atoms with Crippen LogP contribution >= 0.6 is 0 Å². The maximum atomic E-state index is 14.2. The molecule has 0 radical (unpaired) electrons. The first-order valence-electron chi connectivity index (χ1n) is 14.0. The molecule has 1 amide bonds. The van der Waals surface area contributed by atoms with Crippen LogP contribution in [0.4, 0.5) is 26.2 Å². The summed E-state index contributed by atoms with van der Waals surface area (Å²) in [6.45, 7) is 0.373. The van der Waals surface area contributed by atoms with E-state index in [4.69, 9.17) is 19.4 Å². The molecule has 42 heavy (non-hydrogen) atoms. The Morgan fingerprint density at radius 1 is 0.905 bits per heavy atom. The number of halogens is 2. The van der Waals surface area contributed by atoms with Gasteiger partial charge in [-0.25, -0.2) is 13.8 Å². The molecule has 1 aliphatic carbocycles. The smallest absolute Gasteiger partial charge is 0.232 e. The van der Waals surface area contributed by atoms with Gasteiger partial charge in [0, 0.05) is 55.8 Å². The Balaban J connectivity index is 1.36. The van der Waals surface area contributed by atoms with Crippen molar-refractivity contribution in [3.05, 3.63) is 77.9 Å². The number of para-hydroxylation sites is 1. The maximum absolute atomic E-state index is 14.2. The van der Waals surface area contributed by atoms with Crippen LogP contribution in [0.15, 0.2) is 60.7 Å². The van der Waals surface area contributed by atoms with Crippen LogP contribution in [0.5, 0.6) is 11.5 Å². The number of carbonyl (C=O) groups is 1. The molecule has 0 saturated heterocycles. The predicted molar refractivity (Wildman–Crippen MR) is 160 cm³/mol. The summed E-state index contributed by atoms with van der Waals surface area (Å²) < 4.78 is 39.0. The SMILES string of the molecule is COc1cc(CNC(=O)C2CCC(N(c3ccccc3)c3nc(N(C)C)c4cc(F)c(F)cc4n3)CC2)cc(OC)c1. The molecule has 0 bridgehead atoms. The van der Waals surface area contributed by atoms with Crippen LogP contribution in [0.3, 0.4) is 0 Å². The van der Waals surface area contributed by atoms with Gasteiger partial charge in [0.05, 0.1) is 19.7 Å². The van der Waals surface area contributed by atoms with Gasteiger partial charge in [0.1, 0.15) is 17.3 Å². The number of amides is 1. The second kappa shape index (κ2) is 12.6. The lowest BCUT2D eigenvalue weighted by Gasteiger charge is -2.37. The van der Waals surface area contributed by atoms with E-state index in [1.807, 2.05) is 56.6 Å². The Bertz CT molecular complexity index is 1540. The average molecular weight is 576 g/mol. The quantitative estimate of drug-likeness (QED) is 0.262. The van der Waals surface area contributed by atoms with Gasteiger partial charge < -0.3 is 24.6 Å². The molecular formula is C32H35F2N5O3. The minimum Gasteiger partial charge on any atom is -0.497 e. The van der Waals surface area contributed by atoms with Crippen LogP contribution in [0.2, 0.25) is 0 Å². The fraction of sp³-hybridized carbons (Fsp3) is 0.344. The molecule has 1 fully saturated rings. The zero-order chi connectivity index (χ0) is 29.8. The number of nitrogens with zero attached hydrogens (tertiary/aromatic N) is 4. The number of fused-ring (bicyclic) bond motifs is 1. The molecule has 0 unspecified atom stereocenters. The summed E-state index contributed by atoms with van der Waals surface area (Å²) in [6, 6.07) is 17.6. The third kappa shape index (κ3) is 6.22. The lowest BCUT2D eigenvalue weighted by Crippen LogP contribution is -2.40. The van der Waals surface area contributed by atoms with Gasteiger partial charge in [-0.3, -0.25) is 4.79 Å². The summed E-state index contributed by atoms with van der Waals surface area (Å²) >= 11 is 0. The molecule has 1 heterocycles. The van der Waals surface area contributed by atoms with Crippen molar-refractivity contribution in [2.24, 2.45) is 5.92 Å². The minimum atomic E-state index is -0.956. The van der Waals surface area contributed by atoms with Crippen LogP contribution in [0.25, 0.3) is 10.9 Å². The van der Waals surface area contributed by atoms with Crippen LogP contribution in [-0.4, -0.2) is 50.2 Å². The summed E-state index contributed by atoms with van der Waals surface area (Å²) in [7, 11) is 6.81. The second-order valence-electron chi connectivity index (χ2n) is 10.7. The molecule has 0 aliphatic heterocycles. The van der Waals surface area contributed by atoms with Crippen molar-refractivity contribution in [2.75, 3.05) is 38.1 Å². The standard InChI is InChI=1S/C32H35F2N5O3/c1-38(2)30-26-17-27(33)28(34)18-29(26)36-32(37-30)39(22-8-6-5-7-9-22)23-12-10-21(11-13-23)31(40)35-19-20-14-24(41-3)16-25(15-20)42-4/h5-9,14-18,21,23H,10-13,19H2,1-4H3,(H,35,40). The van der Waals surface area contributed by atoms with Crippen LogP contribution in [0, 0.1) is 17.6 Å². The van der Waals surface area contributed by atoms with Crippen molar-refractivity contribution in [3.63, 3.8) is 0 Å². The number of benzene rings is 3. The van der Waals surface area contributed by atoms with Crippen molar-refractivity contribution >= 4 is 34.3 Å². The van der Waals surface area contributed by atoms with Gasteiger partial charge in [0.25, 0.3) is 0 Å². The zero-order valence-electron chi connectivity index (χ0n) is 24.2. The maximum Gasteiger partial charge on any atom is 0.232 e. The molecule has 1 aliphatic rings.